The van der Waals surface area contributed by atoms with Gasteiger partial charge in [0.1, 0.15) is 21.5 Å². The lowest BCUT2D eigenvalue weighted by Crippen LogP contribution is -2.29. The van der Waals surface area contributed by atoms with Crippen molar-refractivity contribution in [2.75, 3.05) is 17.3 Å². The number of anilines is 1. The van der Waals surface area contributed by atoms with E-state index in [9.17, 15) is 35.2 Å². The number of sulfone groups is 1. The van der Waals surface area contributed by atoms with Crippen molar-refractivity contribution in [3.8, 4) is 5.69 Å². The van der Waals surface area contributed by atoms with Gasteiger partial charge in [0, 0.05) is 11.9 Å². The molecule has 3 aromatic rings. The largest absolute Gasteiger partial charge is 0.435 e. The molecule has 0 fully saturated rings. The third-order valence-electron chi connectivity index (χ3n) is 4.70. The minimum Gasteiger partial charge on any atom is -0.332 e. The molecule has 0 atom stereocenters. The van der Waals surface area contributed by atoms with Crippen molar-refractivity contribution >= 4 is 33.2 Å². The number of alkyl halides is 3. The Morgan fingerprint density at radius 1 is 1.09 bits per heavy atom. The third-order valence-corrected chi connectivity index (χ3v) is 5.94. The molecule has 0 aliphatic heterocycles. The smallest absolute Gasteiger partial charge is 0.332 e. The van der Waals surface area contributed by atoms with Crippen molar-refractivity contribution < 1.29 is 35.2 Å². The van der Waals surface area contributed by atoms with Crippen LogP contribution in [0.4, 0.5) is 32.4 Å². The molecule has 0 saturated carbocycles. The number of urea groups is 1. The molecule has 188 valence electrons. The molecule has 0 unspecified atom stereocenters. The van der Waals surface area contributed by atoms with E-state index in [0.717, 1.165) is 29.1 Å². The molecule has 1 aromatic heterocycles. The van der Waals surface area contributed by atoms with Gasteiger partial charge in [0.05, 0.1) is 28.7 Å². The van der Waals surface area contributed by atoms with Gasteiger partial charge in [-0.1, -0.05) is 17.7 Å². The highest BCUT2D eigenvalue weighted by Gasteiger charge is 2.35. The summed E-state index contributed by atoms with van der Waals surface area (Å²) < 4.78 is 90.6. The van der Waals surface area contributed by atoms with Crippen LogP contribution in [0.15, 0.2) is 42.5 Å². The maximum atomic E-state index is 14.2. The molecule has 14 heteroatoms. The van der Waals surface area contributed by atoms with Crippen LogP contribution < -0.4 is 10.6 Å². The lowest BCUT2D eigenvalue weighted by atomic mass is 10.1. The van der Waals surface area contributed by atoms with Crippen LogP contribution in [-0.4, -0.2) is 36.2 Å². The van der Waals surface area contributed by atoms with Gasteiger partial charge >= 0.3 is 12.2 Å². The fourth-order valence-electron chi connectivity index (χ4n) is 2.99. The van der Waals surface area contributed by atoms with Gasteiger partial charge in [0.2, 0.25) is 0 Å². The molecule has 35 heavy (non-hydrogen) atoms. The molecule has 2 amide bonds. The molecule has 2 N–H and O–H groups in total. The molecule has 0 bridgehead atoms. The molecule has 0 radical (unpaired) electrons. The molecule has 0 aliphatic rings. The number of benzene rings is 2. The standard InChI is InChI=1S/C21H18ClF5N4O3S/c1-35(33,34)7-6-12-2-3-13(8-18(12)24)29-20(32)28-11-15-10-19(21(25,26)27)30-31(15)14-4-5-17(23)16(22)9-14/h2-5,8-10H,6-7,11H2,1H3,(H2,28,29,32). The first kappa shape index (κ1) is 26.4. The molecule has 1 heterocycles. The van der Waals surface area contributed by atoms with Gasteiger partial charge in [0.25, 0.3) is 0 Å². The van der Waals surface area contributed by atoms with E-state index in [-0.39, 0.29) is 39.8 Å². The van der Waals surface area contributed by atoms with Gasteiger partial charge in [-0.2, -0.15) is 18.3 Å². The van der Waals surface area contributed by atoms with Gasteiger partial charge in [-0.15, -0.1) is 0 Å². The average molecular weight is 537 g/mol. The minimum atomic E-state index is -4.78. The Morgan fingerprint density at radius 3 is 2.40 bits per heavy atom. The number of aromatic nitrogens is 2. The average Bonchev–Trinajstić information content (AvgIpc) is 3.18. The normalized spacial score (nSPS) is 12.0. The summed E-state index contributed by atoms with van der Waals surface area (Å²) in [7, 11) is -3.29. The first-order valence-corrected chi connectivity index (χ1v) is 12.3. The monoisotopic (exact) mass is 536 g/mol. The highest BCUT2D eigenvalue weighted by atomic mass is 35.5. The lowest BCUT2D eigenvalue weighted by Gasteiger charge is -2.11. The lowest BCUT2D eigenvalue weighted by molar-refractivity contribution is -0.141. The van der Waals surface area contributed by atoms with Crippen molar-refractivity contribution in [1.82, 2.24) is 15.1 Å². The Labute approximate surface area is 201 Å². The number of carbonyl (C=O) groups is 1. The van der Waals surface area contributed by atoms with E-state index in [2.05, 4.69) is 15.7 Å². The maximum Gasteiger partial charge on any atom is 0.435 e. The number of nitrogens with zero attached hydrogens (tertiary/aromatic N) is 2. The number of rotatable bonds is 7. The van der Waals surface area contributed by atoms with Gasteiger partial charge in [-0.05, 0) is 48.4 Å². The summed E-state index contributed by atoms with van der Waals surface area (Å²) in [6.07, 6.45) is -3.79. The van der Waals surface area contributed by atoms with E-state index in [1.54, 1.807) is 0 Å². The van der Waals surface area contributed by atoms with Crippen LogP contribution in [0.5, 0.6) is 0 Å². The van der Waals surface area contributed by atoms with Gasteiger partial charge < -0.3 is 10.6 Å². The molecular weight excluding hydrogens is 519 g/mol. The zero-order chi connectivity index (χ0) is 26.0. The minimum absolute atomic E-state index is 0.0378. The van der Waals surface area contributed by atoms with E-state index < -0.39 is 45.9 Å². The van der Waals surface area contributed by atoms with Crippen molar-refractivity contribution in [2.24, 2.45) is 0 Å². The predicted octanol–water partition coefficient (Wildman–Crippen LogP) is 4.73. The number of halogens is 6. The maximum absolute atomic E-state index is 14.2. The van der Waals surface area contributed by atoms with Crippen LogP contribution in [0.2, 0.25) is 5.02 Å². The fourth-order valence-corrected chi connectivity index (χ4v) is 3.76. The van der Waals surface area contributed by atoms with Crippen molar-refractivity contribution in [3.05, 3.63) is 76.1 Å². The van der Waals surface area contributed by atoms with E-state index in [4.69, 9.17) is 11.6 Å². The second-order valence-electron chi connectivity index (χ2n) is 7.52. The number of amides is 2. The van der Waals surface area contributed by atoms with Crippen LogP contribution in [0.3, 0.4) is 0 Å². The number of carbonyl (C=O) groups excluding carboxylic acids is 1. The number of aryl methyl sites for hydroxylation is 1. The summed E-state index contributed by atoms with van der Waals surface area (Å²) in [6, 6.07) is 6.74. The molecule has 0 aliphatic carbocycles. The number of hydrogen-bond donors (Lipinski definition) is 2. The van der Waals surface area contributed by atoms with Crippen LogP contribution in [-0.2, 0) is 29.0 Å². The van der Waals surface area contributed by atoms with Crippen LogP contribution in [0.1, 0.15) is 17.0 Å². The van der Waals surface area contributed by atoms with Gasteiger partial charge in [-0.25, -0.2) is 26.7 Å². The van der Waals surface area contributed by atoms with E-state index in [1.165, 1.54) is 18.2 Å². The summed E-state index contributed by atoms with van der Waals surface area (Å²) in [5.41, 5.74) is -1.10. The van der Waals surface area contributed by atoms with E-state index in [0.29, 0.717) is 6.07 Å². The fraction of sp³-hybridized carbons (Fsp3) is 0.238. The molecular formula is C21H18ClF5N4O3S. The first-order chi connectivity index (χ1) is 16.2. The number of nitrogens with one attached hydrogen (secondary N) is 2. The highest BCUT2D eigenvalue weighted by Crippen LogP contribution is 2.30. The van der Waals surface area contributed by atoms with Crippen molar-refractivity contribution in [2.45, 2.75) is 19.1 Å². The molecule has 3 rings (SSSR count). The summed E-state index contributed by atoms with van der Waals surface area (Å²) in [4.78, 5) is 12.2. The Hall–Kier alpha value is -3.19. The summed E-state index contributed by atoms with van der Waals surface area (Å²) in [5, 5.41) is 7.83. The summed E-state index contributed by atoms with van der Waals surface area (Å²) >= 11 is 5.72. The van der Waals surface area contributed by atoms with Crippen LogP contribution in [0.25, 0.3) is 5.69 Å². The summed E-state index contributed by atoms with van der Waals surface area (Å²) in [6.45, 7) is -0.418. The number of hydrogen-bond acceptors (Lipinski definition) is 4. The zero-order valence-electron chi connectivity index (χ0n) is 18.0. The molecule has 2 aromatic carbocycles. The SMILES string of the molecule is CS(=O)(=O)CCc1ccc(NC(=O)NCc2cc(C(F)(F)F)nn2-c2ccc(F)c(Cl)c2)cc1F. The third kappa shape index (κ3) is 7.15. The van der Waals surface area contributed by atoms with Gasteiger partial charge in [0.15, 0.2) is 5.69 Å². The Balaban J connectivity index is 1.73. The van der Waals surface area contributed by atoms with Gasteiger partial charge in [-0.3, -0.25) is 0 Å². The Bertz CT molecular complexity index is 1360. The predicted molar refractivity (Wildman–Crippen MR) is 119 cm³/mol. The molecule has 0 saturated heterocycles. The van der Waals surface area contributed by atoms with Crippen molar-refractivity contribution in [1.29, 1.82) is 0 Å². The Kier molecular flexibility index (Phi) is 7.70. The molecule has 0 spiro atoms. The Morgan fingerprint density at radius 2 is 1.80 bits per heavy atom. The van der Waals surface area contributed by atoms with E-state index >= 15 is 0 Å². The van der Waals surface area contributed by atoms with Crippen LogP contribution >= 0.6 is 11.6 Å². The first-order valence-electron chi connectivity index (χ1n) is 9.85. The van der Waals surface area contributed by atoms with Crippen LogP contribution in [0, 0.1) is 11.6 Å². The highest BCUT2D eigenvalue weighted by molar-refractivity contribution is 7.90. The van der Waals surface area contributed by atoms with Crippen molar-refractivity contribution in [3.63, 3.8) is 0 Å². The quantitative estimate of drug-likeness (QED) is 0.427. The molecule has 7 nitrogen and oxygen atoms in total. The summed E-state index contributed by atoms with van der Waals surface area (Å²) in [5.74, 6) is -1.75. The second-order valence-corrected chi connectivity index (χ2v) is 10.2. The topological polar surface area (TPSA) is 93.1 Å². The van der Waals surface area contributed by atoms with E-state index in [1.807, 2.05) is 0 Å². The second kappa shape index (κ2) is 10.2. The zero-order valence-corrected chi connectivity index (χ0v) is 19.5.